The van der Waals surface area contributed by atoms with Crippen LogP contribution in [0.5, 0.6) is 0 Å². The fraction of sp³-hybridized carbons (Fsp3) is 0.833. The molecule has 5 heteroatoms. The largest absolute Gasteiger partial charge is 0.342 e. The quantitative estimate of drug-likeness (QED) is 0.623. The van der Waals surface area contributed by atoms with Gasteiger partial charge in [0, 0.05) is 32.1 Å². The Morgan fingerprint density at radius 1 is 1.24 bits per heavy atom. The maximum atomic E-state index is 11.8. The summed E-state index contributed by atoms with van der Waals surface area (Å²) in [7, 11) is 1.88. The number of rotatable bonds is 6. The molecule has 1 rings (SSSR count). The van der Waals surface area contributed by atoms with Gasteiger partial charge in [-0.1, -0.05) is 0 Å². The van der Waals surface area contributed by atoms with E-state index < -0.39 is 0 Å². The number of piperidine rings is 1. The van der Waals surface area contributed by atoms with Crippen LogP contribution in [0.4, 0.5) is 0 Å². The highest BCUT2D eigenvalue weighted by atomic mass is 16.2. The van der Waals surface area contributed by atoms with Crippen molar-refractivity contribution >= 4 is 11.7 Å². The molecular formula is C12H23N3O2. The lowest BCUT2D eigenvalue weighted by Crippen LogP contribution is -2.44. The van der Waals surface area contributed by atoms with Crippen LogP contribution in [0.3, 0.4) is 0 Å². The monoisotopic (exact) mass is 241 g/mol. The highest BCUT2D eigenvalue weighted by molar-refractivity contribution is 5.80. The first kappa shape index (κ1) is 14.1. The molecule has 0 spiro atoms. The first-order valence-electron chi connectivity index (χ1n) is 6.28. The van der Waals surface area contributed by atoms with Gasteiger partial charge >= 0.3 is 0 Å². The minimum atomic E-state index is 0.142. The normalized spacial score (nSPS) is 17.2. The predicted octanol–water partition coefficient (Wildman–Crippen LogP) is -0.377. The molecule has 1 aliphatic heterocycles. The molecule has 0 aromatic heterocycles. The molecule has 0 unspecified atom stereocenters. The van der Waals surface area contributed by atoms with E-state index in [-0.39, 0.29) is 17.6 Å². The smallest absolute Gasteiger partial charge is 0.236 e. The summed E-state index contributed by atoms with van der Waals surface area (Å²) in [6.45, 7) is 5.13. The number of likely N-dealkylation sites (tertiary alicyclic amines) is 1. The number of amides is 1. The Hall–Kier alpha value is -0.940. The van der Waals surface area contributed by atoms with Crippen molar-refractivity contribution in [2.45, 2.75) is 19.8 Å². The van der Waals surface area contributed by atoms with E-state index in [2.05, 4.69) is 10.6 Å². The van der Waals surface area contributed by atoms with Crippen LogP contribution in [0.1, 0.15) is 19.8 Å². The lowest BCUT2D eigenvalue weighted by atomic mass is 9.93. The van der Waals surface area contributed by atoms with E-state index in [1.807, 2.05) is 11.9 Å². The molecular weight excluding hydrogens is 218 g/mol. The van der Waals surface area contributed by atoms with Gasteiger partial charge in [-0.3, -0.25) is 9.59 Å². The van der Waals surface area contributed by atoms with Gasteiger partial charge in [0.25, 0.3) is 0 Å². The topological polar surface area (TPSA) is 61.4 Å². The maximum Gasteiger partial charge on any atom is 0.236 e. The summed E-state index contributed by atoms with van der Waals surface area (Å²) in [5, 5.41) is 6.11. The highest BCUT2D eigenvalue weighted by Crippen LogP contribution is 2.17. The van der Waals surface area contributed by atoms with Gasteiger partial charge in [0.2, 0.25) is 5.91 Å². The van der Waals surface area contributed by atoms with Gasteiger partial charge in [0.15, 0.2) is 0 Å². The molecule has 0 aromatic carbocycles. The SMILES string of the molecule is CNCCNCC(=O)N1CCC(C(C)=O)CC1. The van der Waals surface area contributed by atoms with E-state index in [1.54, 1.807) is 6.92 Å². The van der Waals surface area contributed by atoms with E-state index in [9.17, 15) is 9.59 Å². The molecule has 17 heavy (non-hydrogen) atoms. The summed E-state index contributed by atoms with van der Waals surface area (Å²) in [6, 6.07) is 0. The van der Waals surface area contributed by atoms with Crippen LogP contribution in [0.15, 0.2) is 0 Å². The lowest BCUT2D eigenvalue weighted by molar-refractivity contribution is -0.133. The van der Waals surface area contributed by atoms with E-state index in [0.717, 1.165) is 39.0 Å². The number of carbonyl (C=O) groups excluding carboxylic acids is 2. The van der Waals surface area contributed by atoms with Crippen LogP contribution in [0, 0.1) is 5.92 Å². The van der Waals surface area contributed by atoms with E-state index >= 15 is 0 Å². The first-order chi connectivity index (χ1) is 8.15. The van der Waals surface area contributed by atoms with Crippen molar-refractivity contribution in [1.29, 1.82) is 0 Å². The van der Waals surface area contributed by atoms with Gasteiger partial charge in [0.1, 0.15) is 5.78 Å². The zero-order valence-corrected chi connectivity index (χ0v) is 10.8. The van der Waals surface area contributed by atoms with Gasteiger partial charge in [-0.15, -0.1) is 0 Å². The Morgan fingerprint density at radius 2 is 1.88 bits per heavy atom. The zero-order chi connectivity index (χ0) is 12.7. The summed E-state index contributed by atoms with van der Waals surface area (Å²) in [5.74, 6) is 0.559. The Morgan fingerprint density at radius 3 is 2.41 bits per heavy atom. The summed E-state index contributed by atoms with van der Waals surface area (Å²) in [6.07, 6.45) is 1.63. The Bertz CT molecular complexity index is 260. The minimum absolute atomic E-state index is 0.142. The third-order valence-electron chi connectivity index (χ3n) is 3.25. The summed E-state index contributed by atoms with van der Waals surface area (Å²) >= 11 is 0. The van der Waals surface area contributed by atoms with Crippen molar-refractivity contribution in [2.75, 3.05) is 39.8 Å². The second-order valence-corrected chi connectivity index (χ2v) is 4.55. The van der Waals surface area contributed by atoms with Crippen molar-refractivity contribution in [3.8, 4) is 0 Å². The molecule has 0 radical (unpaired) electrons. The summed E-state index contributed by atoms with van der Waals surface area (Å²) in [5.41, 5.74) is 0. The summed E-state index contributed by atoms with van der Waals surface area (Å²) < 4.78 is 0. The van der Waals surface area contributed by atoms with Gasteiger partial charge in [-0.05, 0) is 26.8 Å². The fourth-order valence-electron chi connectivity index (χ4n) is 2.06. The third-order valence-corrected chi connectivity index (χ3v) is 3.25. The van der Waals surface area contributed by atoms with Crippen molar-refractivity contribution in [3.63, 3.8) is 0 Å². The van der Waals surface area contributed by atoms with Crippen LogP contribution >= 0.6 is 0 Å². The Labute approximate surface area is 103 Å². The number of Topliss-reactive ketones (excluding diaryl/α,β-unsaturated/α-hetero) is 1. The number of likely N-dealkylation sites (N-methyl/N-ethyl adjacent to an activating group) is 1. The number of nitrogens with zero attached hydrogens (tertiary/aromatic N) is 1. The van der Waals surface area contributed by atoms with Crippen LogP contribution in [-0.2, 0) is 9.59 Å². The standard InChI is InChI=1S/C12H23N3O2/c1-10(16)11-3-7-15(8-4-11)12(17)9-14-6-5-13-2/h11,13-14H,3-9H2,1-2H3. The van der Waals surface area contributed by atoms with Crippen molar-refractivity contribution in [3.05, 3.63) is 0 Å². The molecule has 1 saturated heterocycles. The van der Waals surface area contributed by atoms with E-state index in [0.29, 0.717) is 6.54 Å². The molecule has 1 amide bonds. The van der Waals surface area contributed by atoms with Gasteiger partial charge in [-0.2, -0.15) is 0 Å². The molecule has 1 aliphatic rings. The molecule has 0 aromatic rings. The zero-order valence-electron chi connectivity index (χ0n) is 10.8. The number of ketones is 1. The van der Waals surface area contributed by atoms with Crippen LogP contribution in [0.25, 0.3) is 0 Å². The lowest BCUT2D eigenvalue weighted by Gasteiger charge is -2.31. The second kappa shape index (κ2) is 7.40. The Kier molecular flexibility index (Phi) is 6.15. The molecule has 98 valence electrons. The average molecular weight is 241 g/mol. The minimum Gasteiger partial charge on any atom is -0.342 e. The number of hydrogen-bond donors (Lipinski definition) is 2. The average Bonchev–Trinajstić information content (AvgIpc) is 2.34. The molecule has 5 nitrogen and oxygen atoms in total. The Balaban J connectivity index is 2.19. The fourth-order valence-corrected chi connectivity index (χ4v) is 2.06. The van der Waals surface area contributed by atoms with Crippen molar-refractivity contribution in [2.24, 2.45) is 5.92 Å². The highest BCUT2D eigenvalue weighted by Gasteiger charge is 2.24. The van der Waals surface area contributed by atoms with Crippen molar-refractivity contribution < 1.29 is 9.59 Å². The molecule has 0 atom stereocenters. The van der Waals surface area contributed by atoms with Crippen LogP contribution in [-0.4, -0.2) is 56.4 Å². The van der Waals surface area contributed by atoms with E-state index in [1.165, 1.54) is 0 Å². The molecule has 1 fully saturated rings. The second-order valence-electron chi connectivity index (χ2n) is 4.55. The van der Waals surface area contributed by atoms with Crippen LogP contribution in [0.2, 0.25) is 0 Å². The van der Waals surface area contributed by atoms with Crippen LogP contribution < -0.4 is 10.6 Å². The molecule has 0 aliphatic carbocycles. The van der Waals surface area contributed by atoms with Gasteiger partial charge < -0.3 is 15.5 Å². The third kappa shape index (κ3) is 4.83. The molecule has 0 bridgehead atoms. The predicted molar refractivity (Wildman–Crippen MR) is 66.8 cm³/mol. The maximum absolute atomic E-state index is 11.8. The van der Waals surface area contributed by atoms with E-state index in [4.69, 9.17) is 0 Å². The number of carbonyl (C=O) groups is 2. The van der Waals surface area contributed by atoms with Gasteiger partial charge in [0.05, 0.1) is 6.54 Å². The molecule has 2 N–H and O–H groups in total. The summed E-state index contributed by atoms with van der Waals surface area (Å²) in [4.78, 5) is 24.8. The number of nitrogens with one attached hydrogen (secondary N) is 2. The van der Waals surface area contributed by atoms with Crippen molar-refractivity contribution in [1.82, 2.24) is 15.5 Å². The first-order valence-corrected chi connectivity index (χ1v) is 6.28. The van der Waals surface area contributed by atoms with Gasteiger partial charge in [-0.25, -0.2) is 0 Å². The number of hydrogen-bond acceptors (Lipinski definition) is 4. The molecule has 0 saturated carbocycles. The molecule has 1 heterocycles.